The summed E-state index contributed by atoms with van der Waals surface area (Å²) >= 11 is 4.90. The number of tetrazole rings is 1. The third-order valence-electron chi connectivity index (χ3n) is 4.43. The fraction of sp³-hybridized carbons (Fsp3) is 0.263. The molecule has 3 N–H and O–H groups in total. The minimum atomic E-state index is -5.04. The van der Waals surface area contributed by atoms with Gasteiger partial charge in [0.2, 0.25) is 5.82 Å². The van der Waals surface area contributed by atoms with Crippen molar-refractivity contribution in [1.82, 2.24) is 35.6 Å². The summed E-state index contributed by atoms with van der Waals surface area (Å²) in [7, 11) is 0. The number of benzene rings is 1. The Hall–Kier alpha value is -3.82. The summed E-state index contributed by atoms with van der Waals surface area (Å²) in [5.74, 6) is -1.25. The Bertz CT molecular complexity index is 1170. The molecule has 0 atom stereocenters. The molecule has 2 aromatic heterocycles. The number of nitrogens with two attached hydrogens (primary N) is 1. The molecular formula is C19H16F6N8OS. The van der Waals surface area contributed by atoms with E-state index in [2.05, 4.69) is 25.8 Å². The number of carbonyl (C=O) groups excluding carboxylic acids is 1. The third-order valence-corrected chi connectivity index (χ3v) is 4.65. The summed E-state index contributed by atoms with van der Waals surface area (Å²) in [6.45, 7) is -0.390. The smallest absolute Gasteiger partial charge is 0.375 e. The number of hydrogen-bond acceptors (Lipinski definition) is 6. The van der Waals surface area contributed by atoms with E-state index < -0.39 is 47.3 Å². The molecule has 0 aliphatic heterocycles. The van der Waals surface area contributed by atoms with Crippen molar-refractivity contribution in [1.29, 1.82) is 0 Å². The average molecular weight is 518 g/mol. The lowest BCUT2D eigenvalue weighted by Gasteiger charge is -2.23. The molecule has 3 aromatic rings. The normalized spacial score (nSPS) is 11.8. The number of amides is 1. The van der Waals surface area contributed by atoms with Gasteiger partial charge in [0.1, 0.15) is 6.54 Å². The van der Waals surface area contributed by atoms with Crippen LogP contribution in [0.4, 0.5) is 26.3 Å². The van der Waals surface area contributed by atoms with Crippen molar-refractivity contribution in [2.75, 3.05) is 6.54 Å². The third kappa shape index (κ3) is 7.08. The van der Waals surface area contributed by atoms with Crippen LogP contribution in [-0.2, 0) is 30.1 Å². The van der Waals surface area contributed by atoms with Crippen LogP contribution in [0.2, 0.25) is 0 Å². The first kappa shape index (κ1) is 25.8. The fourth-order valence-electron chi connectivity index (χ4n) is 2.82. The van der Waals surface area contributed by atoms with Gasteiger partial charge < -0.3 is 5.73 Å². The maximum absolute atomic E-state index is 13.1. The number of thiocarbonyl (C=S) groups is 1. The molecule has 0 aliphatic rings. The van der Waals surface area contributed by atoms with Crippen LogP contribution in [0.5, 0.6) is 0 Å². The zero-order valence-electron chi connectivity index (χ0n) is 17.5. The van der Waals surface area contributed by atoms with Gasteiger partial charge in [-0.3, -0.25) is 20.2 Å². The van der Waals surface area contributed by atoms with E-state index in [1.165, 1.54) is 5.01 Å². The summed E-state index contributed by atoms with van der Waals surface area (Å²) in [6, 6.07) is 6.18. The number of halogens is 6. The maximum Gasteiger partial charge on any atom is 0.416 e. The summed E-state index contributed by atoms with van der Waals surface area (Å²) in [6.07, 6.45) is -8.09. The molecular weight excluding hydrogens is 502 g/mol. The first-order valence-electron chi connectivity index (χ1n) is 9.67. The molecule has 0 saturated heterocycles. The molecule has 16 heteroatoms. The monoisotopic (exact) mass is 518 g/mol. The van der Waals surface area contributed by atoms with Crippen molar-refractivity contribution in [3.8, 4) is 11.4 Å². The van der Waals surface area contributed by atoms with Crippen molar-refractivity contribution in [2.45, 2.75) is 25.3 Å². The van der Waals surface area contributed by atoms with Gasteiger partial charge in [0.25, 0.3) is 5.91 Å². The average Bonchev–Trinajstić information content (AvgIpc) is 3.24. The summed E-state index contributed by atoms with van der Waals surface area (Å²) in [5, 5.41) is 11.7. The highest BCUT2D eigenvalue weighted by molar-refractivity contribution is 7.80. The first-order chi connectivity index (χ1) is 16.3. The molecule has 2 heterocycles. The van der Waals surface area contributed by atoms with Crippen LogP contribution in [0.3, 0.4) is 0 Å². The zero-order valence-corrected chi connectivity index (χ0v) is 18.3. The van der Waals surface area contributed by atoms with E-state index in [0.717, 1.165) is 0 Å². The highest BCUT2D eigenvalue weighted by Crippen LogP contribution is 2.37. The molecule has 0 radical (unpaired) electrons. The second kappa shape index (κ2) is 10.2. The summed E-state index contributed by atoms with van der Waals surface area (Å²) in [4.78, 5) is 17.2. The van der Waals surface area contributed by atoms with Crippen LogP contribution < -0.4 is 11.2 Å². The SMILES string of the molecule is NC(=S)N(CCc1ccccn1)NC(=O)Cn1nnc(-c2cc(C(F)(F)F)cc(C(F)(F)F)c2)n1. The van der Waals surface area contributed by atoms with Crippen molar-refractivity contribution in [3.05, 3.63) is 59.4 Å². The highest BCUT2D eigenvalue weighted by Gasteiger charge is 2.37. The van der Waals surface area contributed by atoms with Crippen LogP contribution in [-0.4, -0.2) is 47.8 Å². The molecule has 35 heavy (non-hydrogen) atoms. The van der Waals surface area contributed by atoms with Gasteiger partial charge in [-0.2, -0.15) is 31.1 Å². The lowest BCUT2D eigenvalue weighted by atomic mass is 10.0. The maximum atomic E-state index is 13.1. The van der Waals surface area contributed by atoms with Gasteiger partial charge in [-0.05, 0) is 47.8 Å². The number of hydrazine groups is 1. The molecule has 9 nitrogen and oxygen atoms in total. The molecule has 3 rings (SSSR count). The van der Waals surface area contributed by atoms with E-state index in [-0.39, 0.29) is 17.7 Å². The molecule has 186 valence electrons. The van der Waals surface area contributed by atoms with Gasteiger partial charge in [-0.15, -0.1) is 10.2 Å². The van der Waals surface area contributed by atoms with Gasteiger partial charge in [0, 0.05) is 30.4 Å². The second-order valence-corrected chi connectivity index (χ2v) is 7.45. The molecule has 0 bridgehead atoms. The lowest BCUT2D eigenvalue weighted by molar-refractivity contribution is -0.143. The van der Waals surface area contributed by atoms with E-state index in [1.807, 2.05) is 0 Å². The Balaban J connectivity index is 1.72. The fourth-order valence-corrected chi connectivity index (χ4v) is 2.95. The first-order valence-corrected chi connectivity index (χ1v) is 10.1. The second-order valence-electron chi connectivity index (χ2n) is 7.03. The van der Waals surface area contributed by atoms with Gasteiger partial charge >= 0.3 is 12.4 Å². The highest BCUT2D eigenvalue weighted by atomic mass is 32.1. The Morgan fingerprint density at radius 3 is 2.29 bits per heavy atom. The molecule has 1 amide bonds. The Labute approximate surface area is 198 Å². The van der Waals surface area contributed by atoms with Gasteiger partial charge in [-0.25, -0.2) is 0 Å². The lowest BCUT2D eigenvalue weighted by Crippen LogP contribution is -2.50. The molecule has 0 saturated carbocycles. The molecule has 0 unspecified atom stereocenters. The van der Waals surface area contributed by atoms with E-state index in [1.54, 1.807) is 24.4 Å². The number of pyridine rings is 1. The number of alkyl halides is 6. The number of hydrogen-bond donors (Lipinski definition) is 2. The van der Waals surface area contributed by atoms with Crippen LogP contribution >= 0.6 is 12.2 Å². The van der Waals surface area contributed by atoms with Crippen LogP contribution in [0.25, 0.3) is 11.4 Å². The topological polar surface area (TPSA) is 115 Å². The predicted molar refractivity (Wildman–Crippen MR) is 113 cm³/mol. The van der Waals surface area contributed by atoms with E-state index >= 15 is 0 Å². The van der Waals surface area contributed by atoms with Crippen molar-refractivity contribution in [2.24, 2.45) is 5.73 Å². The largest absolute Gasteiger partial charge is 0.416 e. The predicted octanol–water partition coefficient (Wildman–Crippen LogP) is 2.59. The minimum absolute atomic E-state index is 0.0172. The van der Waals surface area contributed by atoms with Crippen molar-refractivity contribution in [3.63, 3.8) is 0 Å². The van der Waals surface area contributed by atoms with E-state index in [0.29, 0.717) is 29.0 Å². The number of nitrogens with one attached hydrogen (secondary N) is 1. The van der Waals surface area contributed by atoms with Crippen molar-refractivity contribution < 1.29 is 31.1 Å². The van der Waals surface area contributed by atoms with Gasteiger partial charge in [0.05, 0.1) is 11.1 Å². The number of carbonyl (C=O) groups is 1. The Morgan fingerprint density at radius 1 is 1.09 bits per heavy atom. The quantitative estimate of drug-likeness (QED) is 0.291. The summed E-state index contributed by atoms with van der Waals surface area (Å²) < 4.78 is 78.5. The molecule has 0 fully saturated rings. The van der Waals surface area contributed by atoms with Gasteiger partial charge in [0.15, 0.2) is 5.11 Å². The summed E-state index contributed by atoms with van der Waals surface area (Å²) in [5.41, 5.74) is 5.11. The van der Waals surface area contributed by atoms with Crippen molar-refractivity contribution >= 4 is 23.2 Å². The number of rotatable bonds is 6. The molecule has 0 aliphatic carbocycles. The zero-order chi connectivity index (χ0) is 25.8. The Kier molecular flexibility index (Phi) is 7.52. The Morgan fingerprint density at radius 2 is 1.74 bits per heavy atom. The number of nitrogens with zero attached hydrogens (tertiary/aromatic N) is 6. The molecule has 0 spiro atoms. The van der Waals surface area contributed by atoms with E-state index in [9.17, 15) is 31.1 Å². The standard InChI is InChI=1S/C19H16F6N8OS/c20-18(21,22)12-7-11(8-13(9-12)19(23,24)25)16-28-31-33(30-16)10-15(34)29-32(17(26)35)6-4-14-3-1-2-5-27-14/h1-3,5,7-9H,4,6,10H2,(H2,26,35)(H,29,34). The molecule has 1 aromatic carbocycles. The van der Waals surface area contributed by atoms with E-state index in [4.69, 9.17) is 18.0 Å². The van der Waals surface area contributed by atoms with Crippen LogP contribution in [0.1, 0.15) is 16.8 Å². The van der Waals surface area contributed by atoms with Gasteiger partial charge in [-0.1, -0.05) is 6.07 Å². The minimum Gasteiger partial charge on any atom is -0.375 e. The number of aromatic nitrogens is 5. The van der Waals surface area contributed by atoms with Crippen LogP contribution in [0, 0.1) is 0 Å². The van der Waals surface area contributed by atoms with Crippen LogP contribution in [0.15, 0.2) is 42.6 Å².